The van der Waals surface area contributed by atoms with E-state index in [9.17, 15) is 18.7 Å². The van der Waals surface area contributed by atoms with Crippen LogP contribution >= 0.6 is 0 Å². The van der Waals surface area contributed by atoms with E-state index in [0.717, 1.165) is 18.5 Å². The maximum atomic E-state index is 13.0. The third-order valence-corrected chi connectivity index (χ3v) is 6.40. The van der Waals surface area contributed by atoms with Crippen molar-refractivity contribution in [1.29, 1.82) is 0 Å². The van der Waals surface area contributed by atoms with Crippen LogP contribution in [0.25, 0.3) is 28.0 Å². The van der Waals surface area contributed by atoms with E-state index in [0.29, 0.717) is 59.5 Å². The van der Waals surface area contributed by atoms with Crippen molar-refractivity contribution in [1.82, 2.24) is 19.9 Å². The Morgan fingerprint density at radius 1 is 1.15 bits per heavy atom. The highest BCUT2D eigenvalue weighted by atomic mass is 19.3. The number of hydrogen-bond acceptors (Lipinski definition) is 7. The number of nitrogens with zero attached hydrogens (tertiary/aromatic N) is 3. The Morgan fingerprint density at radius 3 is 2.63 bits per heavy atom. The average molecular weight is 569 g/mol. The Hall–Kier alpha value is -4.33. The Labute approximate surface area is 235 Å². The van der Waals surface area contributed by atoms with Crippen LogP contribution in [-0.2, 0) is 13.0 Å². The Kier molecular flexibility index (Phi) is 10.0. The van der Waals surface area contributed by atoms with Crippen LogP contribution in [0, 0.1) is 0 Å². The number of rotatable bonds is 14. The van der Waals surface area contributed by atoms with Crippen molar-refractivity contribution in [3.8, 4) is 22.7 Å². The quantitative estimate of drug-likeness (QED) is 0.0758. The Balaban J connectivity index is 1.53. The molecule has 2 aromatic heterocycles. The van der Waals surface area contributed by atoms with E-state index in [1.165, 1.54) is 16.7 Å². The lowest BCUT2D eigenvalue weighted by Gasteiger charge is -2.12. The number of aliphatic hydroxyl groups is 1. The van der Waals surface area contributed by atoms with Crippen molar-refractivity contribution in [3.63, 3.8) is 0 Å². The number of fused-ring (bicyclic) bond motifs is 1. The molecule has 0 saturated heterocycles. The molecule has 0 unspecified atom stereocenters. The molecule has 41 heavy (non-hydrogen) atoms. The molecule has 2 aromatic carbocycles. The summed E-state index contributed by atoms with van der Waals surface area (Å²) in [5, 5.41) is 13.8. The first-order valence-electron chi connectivity index (χ1n) is 13.2. The summed E-state index contributed by atoms with van der Waals surface area (Å²) in [6, 6.07) is 14.1. The number of hydrogen-bond donors (Lipinski definition) is 6. The third-order valence-electron chi connectivity index (χ3n) is 6.40. The SMILES string of the molecule is NC[C@@H](O)CCc1cc(OC(F)F)cc(-c2cc3cn(-c4ccc(CNCCCN=C(N)N)cc4)c(=O)nc3[nH]2)c1. The molecule has 13 heteroatoms. The van der Waals surface area contributed by atoms with Crippen LogP contribution < -0.4 is 32.9 Å². The topological polar surface area (TPSA) is 183 Å². The lowest BCUT2D eigenvalue weighted by molar-refractivity contribution is -0.0498. The molecule has 0 saturated carbocycles. The van der Waals surface area contributed by atoms with Crippen LogP contribution in [0.4, 0.5) is 8.78 Å². The zero-order valence-corrected chi connectivity index (χ0v) is 22.4. The number of aliphatic hydroxyl groups excluding tert-OH is 1. The number of halogens is 2. The lowest BCUT2D eigenvalue weighted by atomic mass is 10.0. The second-order valence-electron chi connectivity index (χ2n) is 9.56. The van der Waals surface area contributed by atoms with Crippen molar-refractivity contribution < 1.29 is 18.6 Å². The summed E-state index contributed by atoms with van der Waals surface area (Å²) < 4.78 is 32.1. The number of benzene rings is 2. The third kappa shape index (κ3) is 8.33. The second-order valence-corrected chi connectivity index (χ2v) is 9.56. The number of aromatic nitrogens is 3. The van der Waals surface area contributed by atoms with Gasteiger partial charge in [-0.2, -0.15) is 13.8 Å². The minimum atomic E-state index is -2.99. The summed E-state index contributed by atoms with van der Waals surface area (Å²) in [4.78, 5) is 24.1. The number of ether oxygens (including phenoxy) is 1. The maximum Gasteiger partial charge on any atom is 0.387 e. The molecule has 218 valence electrons. The summed E-state index contributed by atoms with van der Waals surface area (Å²) in [6.45, 7) is -0.924. The molecular formula is C28H34F2N8O3. The van der Waals surface area contributed by atoms with Gasteiger partial charge in [-0.05, 0) is 73.3 Å². The molecule has 0 aliphatic heterocycles. The van der Waals surface area contributed by atoms with Gasteiger partial charge in [-0.25, -0.2) is 4.79 Å². The van der Waals surface area contributed by atoms with Gasteiger partial charge in [0.05, 0.1) is 11.8 Å². The fourth-order valence-corrected chi connectivity index (χ4v) is 4.34. The molecule has 0 amide bonds. The van der Waals surface area contributed by atoms with E-state index in [2.05, 4.69) is 25.0 Å². The van der Waals surface area contributed by atoms with Gasteiger partial charge in [-0.3, -0.25) is 9.56 Å². The van der Waals surface area contributed by atoms with Gasteiger partial charge in [0.2, 0.25) is 0 Å². The van der Waals surface area contributed by atoms with Gasteiger partial charge in [0, 0.05) is 42.5 Å². The fraction of sp³-hybridized carbons (Fsp3) is 0.321. The Morgan fingerprint density at radius 2 is 1.93 bits per heavy atom. The number of guanidine groups is 1. The minimum absolute atomic E-state index is 0.00993. The first-order valence-corrected chi connectivity index (χ1v) is 13.2. The van der Waals surface area contributed by atoms with Crippen molar-refractivity contribution in [2.24, 2.45) is 22.2 Å². The minimum Gasteiger partial charge on any atom is -0.435 e. The van der Waals surface area contributed by atoms with Crippen LogP contribution in [0.2, 0.25) is 0 Å². The van der Waals surface area contributed by atoms with Gasteiger partial charge in [0.25, 0.3) is 0 Å². The number of aromatic amines is 1. The van der Waals surface area contributed by atoms with Crippen LogP contribution in [0.5, 0.6) is 5.75 Å². The van der Waals surface area contributed by atoms with Gasteiger partial charge < -0.3 is 37.3 Å². The molecule has 0 radical (unpaired) electrons. The molecule has 4 rings (SSSR count). The maximum absolute atomic E-state index is 13.0. The van der Waals surface area contributed by atoms with E-state index < -0.39 is 18.4 Å². The van der Waals surface area contributed by atoms with Gasteiger partial charge in [-0.1, -0.05) is 12.1 Å². The zero-order chi connectivity index (χ0) is 29.4. The van der Waals surface area contributed by atoms with Crippen molar-refractivity contribution >= 4 is 17.0 Å². The van der Waals surface area contributed by atoms with Gasteiger partial charge in [-0.15, -0.1) is 0 Å². The smallest absolute Gasteiger partial charge is 0.387 e. The van der Waals surface area contributed by atoms with E-state index in [-0.39, 0.29) is 18.3 Å². The van der Waals surface area contributed by atoms with Crippen LogP contribution in [0.3, 0.4) is 0 Å². The number of nitrogens with one attached hydrogen (secondary N) is 2. The van der Waals surface area contributed by atoms with E-state index >= 15 is 0 Å². The zero-order valence-electron chi connectivity index (χ0n) is 22.4. The molecule has 0 fully saturated rings. The van der Waals surface area contributed by atoms with Gasteiger partial charge in [0.15, 0.2) is 5.96 Å². The van der Waals surface area contributed by atoms with Crippen LogP contribution in [-0.4, -0.2) is 58.0 Å². The fourth-order valence-electron chi connectivity index (χ4n) is 4.34. The number of nitrogens with two attached hydrogens (primary N) is 3. The van der Waals surface area contributed by atoms with Crippen LogP contribution in [0.15, 0.2) is 64.5 Å². The largest absolute Gasteiger partial charge is 0.435 e. The molecule has 4 aromatic rings. The van der Waals surface area contributed by atoms with Crippen LogP contribution in [0.1, 0.15) is 24.0 Å². The highest BCUT2D eigenvalue weighted by Gasteiger charge is 2.13. The average Bonchev–Trinajstić information content (AvgIpc) is 3.36. The van der Waals surface area contributed by atoms with Crippen molar-refractivity contribution in [2.75, 3.05) is 19.6 Å². The predicted octanol–water partition coefficient (Wildman–Crippen LogP) is 1.99. The molecule has 2 heterocycles. The predicted molar refractivity (Wildman–Crippen MR) is 154 cm³/mol. The van der Waals surface area contributed by atoms with E-state index in [1.807, 2.05) is 30.3 Å². The highest BCUT2D eigenvalue weighted by molar-refractivity contribution is 5.83. The summed E-state index contributed by atoms with van der Waals surface area (Å²) in [6.07, 6.45) is 2.57. The van der Waals surface area contributed by atoms with Gasteiger partial charge in [0.1, 0.15) is 11.4 Å². The molecule has 1 atom stereocenters. The number of H-pyrrole nitrogens is 1. The van der Waals surface area contributed by atoms with E-state index in [4.69, 9.17) is 17.2 Å². The lowest BCUT2D eigenvalue weighted by Crippen LogP contribution is -2.23. The normalized spacial score (nSPS) is 12.1. The highest BCUT2D eigenvalue weighted by Crippen LogP contribution is 2.29. The molecule has 0 aliphatic rings. The van der Waals surface area contributed by atoms with Gasteiger partial charge >= 0.3 is 12.3 Å². The monoisotopic (exact) mass is 568 g/mol. The molecule has 0 aliphatic carbocycles. The molecule has 9 N–H and O–H groups in total. The summed E-state index contributed by atoms with van der Waals surface area (Å²) in [7, 11) is 0. The van der Waals surface area contributed by atoms with Crippen molar-refractivity contribution in [2.45, 2.75) is 38.5 Å². The summed E-state index contributed by atoms with van der Waals surface area (Å²) >= 11 is 0. The Bertz CT molecular complexity index is 1530. The first kappa shape index (κ1) is 29.6. The summed E-state index contributed by atoms with van der Waals surface area (Å²) in [5.41, 5.74) is 19.6. The standard InChI is InChI=1S/C28H34F2N8O3/c29-26(30)41-23-11-18(4-7-22(39)14-31)10-19(12-23)24-13-20-16-38(28(40)37-25(20)36-24)21-5-2-17(3-6-21)15-34-8-1-9-35-27(32)33/h2-3,5-6,10-13,16,22,26,34,39H,1,4,7-9,14-15,31H2,(H4,32,33,35)(H,36,37,40)/t22-/m0/s1. The van der Waals surface area contributed by atoms with Crippen molar-refractivity contribution in [3.05, 3.63) is 76.3 Å². The molecule has 0 bridgehead atoms. The summed E-state index contributed by atoms with van der Waals surface area (Å²) in [5.74, 6) is 0.0713. The number of aliphatic imine (C=N–C) groups is 1. The molecule has 0 spiro atoms. The first-order chi connectivity index (χ1) is 19.7. The number of alkyl halides is 2. The second kappa shape index (κ2) is 13.8. The molecular weight excluding hydrogens is 534 g/mol. The molecule has 11 nitrogen and oxygen atoms in total. The van der Waals surface area contributed by atoms with E-state index in [1.54, 1.807) is 12.3 Å². The number of aryl methyl sites for hydroxylation is 1.